The summed E-state index contributed by atoms with van der Waals surface area (Å²) >= 11 is 0. The summed E-state index contributed by atoms with van der Waals surface area (Å²) in [5.41, 5.74) is -1.09. The van der Waals surface area contributed by atoms with Crippen LogP contribution in [0.4, 0.5) is 13.2 Å². The molecule has 1 N–H and O–H groups in total. The van der Waals surface area contributed by atoms with Crippen molar-refractivity contribution >= 4 is 11.7 Å². The van der Waals surface area contributed by atoms with E-state index in [4.69, 9.17) is 0 Å². The molecular formula is C24H34F3NO2. The molecule has 0 bridgehead atoms. The van der Waals surface area contributed by atoms with Crippen LogP contribution < -0.4 is 5.32 Å². The molecule has 0 heterocycles. The second-order valence-corrected chi connectivity index (χ2v) is 11.3. The van der Waals surface area contributed by atoms with Gasteiger partial charge in [-0.3, -0.25) is 9.59 Å². The lowest BCUT2D eigenvalue weighted by molar-refractivity contribution is -0.190. The maximum atomic E-state index is 13.3. The first-order valence-electron chi connectivity index (χ1n) is 11.4. The highest BCUT2D eigenvalue weighted by molar-refractivity contribution is 5.91. The van der Waals surface area contributed by atoms with E-state index < -0.39 is 17.6 Å². The lowest BCUT2D eigenvalue weighted by atomic mass is 9.47. The molecule has 4 rings (SSSR count). The third kappa shape index (κ3) is 3.15. The van der Waals surface area contributed by atoms with Gasteiger partial charge in [-0.15, -0.1) is 0 Å². The molecule has 0 unspecified atom stereocenters. The summed E-state index contributed by atoms with van der Waals surface area (Å²) in [6, 6.07) is 0. The Morgan fingerprint density at radius 3 is 2.40 bits per heavy atom. The molecule has 0 aromatic carbocycles. The largest absolute Gasteiger partial charge is 0.410 e. The van der Waals surface area contributed by atoms with Crippen molar-refractivity contribution in [1.29, 1.82) is 0 Å². The topological polar surface area (TPSA) is 46.2 Å². The highest BCUT2D eigenvalue weighted by Gasteiger charge is 2.61. The molecule has 3 saturated carbocycles. The van der Waals surface area contributed by atoms with Crippen LogP contribution in [0, 0.1) is 34.5 Å². The van der Waals surface area contributed by atoms with Gasteiger partial charge in [-0.1, -0.05) is 19.4 Å². The van der Waals surface area contributed by atoms with Crippen LogP contribution >= 0.6 is 0 Å². The van der Waals surface area contributed by atoms with Gasteiger partial charge in [-0.05, 0) is 93.5 Å². The van der Waals surface area contributed by atoms with E-state index >= 15 is 0 Å². The lowest BCUT2D eigenvalue weighted by Gasteiger charge is -2.58. The summed E-state index contributed by atoms with van der Waals surface area (Å²) in [5.74, 6) is 0.822. The Bertz CT molecular complexity index is 786. The van der Waals surface area contributed by atoms with Gasteiger partial charge in [0.1, 0.15) is 5.54 Å². The molecule has 0 aliphatic heterocycles. The quantitative estimate of drug-likeness (QED) is 0.627. The van der Waals surface area contributed by atoms with Crippen molar-refractivity contribution in [1.82, 2.24) is 5.32 Å². The first-order chi connectivity index (χ1) is 13.8. The minimum atomic E-state index is -4.47. The summed E-state index contributed by atoms with van der Waals surface area (Å²) < 4.78 is 39.9. The Morgan fingerprint density at radius 2 is 1.73 bits per heavy atom. The van der Waals surface area contributed by atoms with Gasteiger partial charge in [0, 0.05) is 12.3 Å². The standard InChI is InChI=1S/C24H34F3NO2/c1-21(2,24(25,26)27)28-20(30)19-8-7-17-16-6-5-14-13-15(29)9-11-22(14,3)18(16)10-12-23(17,19)4/h13,16-19H,5-12H2,1-4H3,(H,28,30)/t16-,17-,18-,19+,22-,23-/m0/s1. The smallest absolute Gasteiger partial charge is 0.342 e. The van der Waals surface area contributed by atoms with E-state index in [0.717, 1.165) is 52.4 Å². The SMILES string of the molecule is CC(C)(NC(=O)[C@H]1CC[C@H]2[C@@H]3CCC4=CC(=O)CC[C@]4(C)[C@H]3CC[C@]12C)C(F)(F)F. The van der Waals surface area contributed by atoms with Crippen LogP contribution in [0.25, 0.3) is 0 Å². The van der Waals surface area contributed by atoms with Crippen LogP contribution in [0.1, 0.15) is 79.1 Å². The highest BCUT2D eigenvalue weighted by Crippen LogP contribution is 2.66. The van der Waals surface area contributed by atoms with E-state index in [1.165, 1.54) is 5.57 Å². The van der Waals surface area contributed by atoms with Crippen molar-refractivity contribution in [3.8, 4) is 0 Å². The lowest BCUT2D eigenvalue weighted by Crippen LogP contribution is -2.58. The summed E-state index contributed by atoms with van der Waals surface area (Å²) in [4.78, 5) is 25.0. The Hall–Kier alpha value is -1.33. The number of carbonyl (C=O) groups excluding carboxylic acids is 2. The molecule has 4 aliphatic rings. The van der Waals surface area contributed by atoms with Crippen molar-refractivity contribution in [3.05, 3.63) is 11.6 Å². The molecule has 0 aromatic rings. The second-order valence-electron chi connectivity index (χ2n) is 11.3. The zero-order valence-corrected chi connectivity index (χ0v) is 18.5. The number of carbonyl (C=O) groups is 2. The number of nitrogens with one attached hydrogen (secondary N) is 1. The average Bonchev–Trinajstić information content (AvgIpc) is 2.98. The number of rotatable bonds is 2. The molecule has 0 aromatic heterocycles. The van der Waals surface area contributed by atoms with Crippen molar-refractivity contribution in [2.24, 2.45) is 34.5 Å². The highest BCUT2D eigenvalue weighted by atomic mass is 19.4. The molecule has 0 radical (unpaired) electrons. The fourth-order valence-corrected chi connectivity index (χ4v) is 7.46. The first-order valence-corrected chi connectivity index (χ1v) is 11.4. The molecular weight excluding hydrogens is 391 g/mol. The number of allylic oxidation sites excluding steroid dienone is 1. The number of ketones is 1. The van der Waals surface area contributed by atoms with Gasteiger partial charge in [0.15, 0.2) is 5.78 Å². The number of fused-ring (bicyclic) bond motifs is 5. The van der Waals surface area contributed by atoms with E-state index in [1.54, 1.807) is 0 Å². The molecule has 6 heteroatoms. The van der Waals surface area contributed by atoms with Gasteiger partial charge in [0.2, 0.25) is 5.91 Å². The summed E-state index contributed by atoms with van der Waals surface area (Å²) in [6.07, 6.45) is 4.35. The summed E-state index contributed by atoms with van der Waals surface area (Å²) in [7, 11) is 0. The van der Waals surface area contributed by atoms with Crippen LogP contribution in [0.15, 0.2) is 11.6 Å². The van der Waals surface area contributed by atoms with Crippen LogP contribution in [0.5, 0.6) is 0 Å². The number of amides is 1. The Labute approximate surface area is 177 Å². The molecule has 0 saturated heterocycles. The minimum absolute atomic E-state index is 0.0662. The molecule has 3 nitrogen and oxygen atoms in total. The molecule has 0 spiro atoms. The number of hydrogen-bond donors (Lipinski definition) is 1. The zero-order chi connectivity index (χ0) is 22.1. The van der Waals surface area contributed by atoms with Gasteiger partial charge in [-0.2, -0.15) is 13.2 Å². The average molecular weight is 426 g/mol. The van der Waals surface area contributed by atoms with Gasteiger partial charge >= 0.3 is 6.18 Å². The van der Waals surface area contributed by atoms with E-state index in [1.807, 2.05) is 6.08 Å². The zero-order valence-electron chi connectivity index (χ0n) is 18.5. The van der Waals surface area contributed by atoms with E-state index in [0.29, 0.717) is 30.6 Å². The van der Waals surface area contributed by atoms with Crippen molar-refractivity contribution < 1.29 is 22.8 Å². The van der Waals surface area contributed by atoms with Gasteiger partial charge in [0.05, 0.1) is 0 Å². The molecule has 3 fully saturated rings. The van der Waals surface area contributed by atoms with E-state index in [9.17, 15) is 22.8 Å². The van der Waals surface area contributed by atoms with Crippen molar-refractivity contribution in [3.63, 3.8) is 0 Å². The summed E-state index contributed by atoms with van der Waals surface area (Å²) in [6.45, 7) is 6.53. The number of hydrogen-bond acceptors (Lipinski definition) is 2. The number of alkyl halides is 3. The maximum absolute atomic E-state index is 13.3. The van der Waals surface area contributed by atoms with E-state index in [2.05, 4.69) is 19.2 Å². The molecule has 30 heavy (non-hydrogen) atoms. The fraction of sp³-hybridized carbons (Fsp3) is 0.833. The monoisotopic (exact) mass is 425 g/mol. The third-order valence-corrected chi connectivity index (χ3v) is 9.42. The Morgan fingerprint density at radius 1 is 1.03 bits per heavy atom. The molecule has 1 amide bonds. The minimum Gasteiger partial charge on any atom is -0.342 e. The van der Waals surface area contributed by atoms with Crippen LogP contribution in [0.2, 0.25) is 0 Å². The van der Waals surface area contributed by atoms with Crippen molar-refractivity contribution in [2.75, 3.05) is 0 Å². The third-order valence-electron chi connectivity index (χ3n) is 9.42. The predicted octanol–water partition coefficient (Wildman–Crippen LogP) is 5.59. The Balaban J connectivity index is 1.55. The van der Waals surface area contributed by atoms with Gasteiger partial charge < -0.3 is 5.32 Å². The fourth-order valence-electron chi connectivity index (χ4n) is 7.46. The van der Waals surface area contributed by atoms with Crippen molar-refractivity contribution in [2.45, 2.75) is 90.8 Å². The van der Waals surface area contributed by atoms with Gasteiger partial charge in [-0.25, -0.2) is 0 Å². The van der Waals surface area contributed by atoms with Crippen LogP contribution in [-0.2, 0) is 9.59 Å². The molecule has 6 atom stereocenters. The summed E-state index contributed by atoms with van der Waals surface area (Å²) in [5, 5.41) is 2.32. The normalized spacial score (nSPS) is 41.4. The molecule has 4 aliphatic carbocycles. The predicted molar refractivity (Wildman–Crippen MR) is 108 cm³/mol. The number of halogens is 3. The Kier molecular flexibility index (Phi) is 4.98. The molecule has 168 valence electrons. The first kappa shape index (κ1) is 21.9. The van der Waals surface area contributed by atoms with E-state index in [-0.39, 0.29) is 22.5 Å². The second kappa shape index (κ2) is 6.83. The van der Waals surface area contributed by atoms with Gasteiger partial charge in [0.25, 0.3) is 0 Å². The van der Waals surface area contributed by atoms with Crippen LogP contribution in [-0.4, -0.2) is 23.4 Å². The van der Waals surface area contributed by atoms with Crippen LogP contribution in [0.3, 0.4) is 0 Å². The maximum Gasteiger partial charge on any atom is 0.410 e.